The summed E-state index contributed by atoms with van der Waals surface area (Å²) < 4.78 is 41.2. The quantitative estimate of drug-likeness (QED) is 0.754. The highest BCUT2D eigenvalue weighted by molar-refractivity contribution is 5.46. The molecule has 0 aromatic carbocycles. The van der Waals surface area contributed by atoms with Crippen LogP contribution in [0.3, 0.4) is 0 Å². The molecule has 0 bridgehead atoms. The fourth-order valence-corrected chi connectivity index (χ4v) is 1.81. The third-order valence-electron chi connectivity index (χ3n) is 2.77. The van der Waals surface area contributed by atoms with Crippen molar-refractivity contribution in [2.24, 2.45) is 0 Å². The van der Waals surface area contributed by atoms with Gasteiger partial charge in [0.25, 0.3) is 5.88 Å². The molecule has 1 aromatic heterocycles. The average Bonchev–Trinajstić information content (AvgIpc) is 2.41. The van der Waals surface area contributed by atoms with Crippen molar-refractivity contribution in [3.8, 4) is 11.9 Å². The second-order valence-corrected chi connectivity index (χ2v) is 4.19. The molecule has 0 aliphatic rings. The van der Waals surface area contributed by atoms with E-state index in [4.69, 9.17) is 10.00 Å². The molecule has 0 atom stereocenters. The number of nitrogens with zero attached hydrogens (tertiary/aromatic N) is 3. The lowest BCUT2D eigenvalue weighted by atomic mass is 10.0. The standard InChI is InChI=1S/C13H16F3N3O/c1-3-9-10(8-17)12(19-18-11(9)4-2)20-7-5-6-13(14,15)16/h3-7H2,1-2H3. The fourth-order valence-electron chi connectivity index (χ4n) is 1.81. The predicted octanol–water partition coefficient (Wildman–Crippen LogP) is 3.19. The largest absolute Gasteiger partial charge is 0.476 e. The van der Waals surface area contributed by atoms with E-state index >= 15 is 0 Å². The second kappa shape index (κ2) is 7.08. The molecular weight excluding hydrogens is 271 g/mol. The van der Waals surface area contributed by atoms with Gasteiger partial charge in [-0.3, -0.25) is 0 Å². The van der Waals surface area contributed by atoms with E-state index in [1.54, 1.807) is 0 Å². The number of aromatic nitrogens is 2. The lowest BCUT2D eigenvalue weighted by molar-refractivity contribution is -0.136. The highest BCUT2D eigenvalue weighted by Crippen LogP contribution is 2.24. The molecule has 0 unspecified atom stereocenters. The zero-order valence-corrected chi connectivity index (χ0v) is 11.4. The number of hydrogen-bond donors (Lipinski definition) is 0. The van der Waals surface area contributed by atoms with Gasteiger partial charge in [-0.25, -0.2) is 0 Å². The highest BCUT2D eigenvalue weighted by Gasteiger charge is 2.26. The van der Waals surface area contributed by atoms with Crippen LogP contribution in [-0.4, -0.2) is 23.0 Å². The third kappa shape index (κ3) is 4.37. The topological polar surface area (TPSA) is 58.8 Å². The van der Waals surface area contributed by atoms with Gasteiger partial charge < -0.3 is 4.74 Å². The van der Waals surface area contributed by atoms with Crippen molar-refractivity contribution < 1.29 is 17.9 Å². The molecule has 4 nitrogen and oxygen atoms in total. The Hall–Kier alpha value is -1.84. The van der Waals surface area contributed by atoms with Crippen molar-refractivity contribution in [3.63, 3.8) is 0 Å². The van der Waals surface area contributed by atoms with Crippen LogP contribution in [-0.2, 0) is 12.8 Å². The van der Waals surface area contributed by atoms with Crippen LogP contribution in [0.2, 0.25) is 0 Å². The number of alkyl halides is 3. The summed E-state index contributed by atoms with van der Waals surface area (Å²) in [4.78, 5) is 0. The van der Waals surface area contributed by atoms with E-state index in [2.05, 4.69) is 10.2 Å². The third-order valence-corrected chi connectivity index (χ3v) is 2.77. The van der Waals surface area contributed by atoms with E-state index in [-0.39, 0.29) is 24.5 Å². The van der Waals surface area contributed by atoms with Crippen molar-refractivity contribution in [2.75, 3.05) is 6.61 Å². The van der Waals surface area contributed by atoms with E-state index in [9.17, 15) is 13.2 Å². The summed E-state index contributed by atoms with van der Waals surface area (Å²) in [6.07, 6.45) is -4.06. The van der Waals surface area contributed by atoms with Crippen molar-refractivity contribution in [1.82, 2.24) is 10.2 Å². The number of ether oxygens (including phenoxy) is 1. The first-order chi connectivity index (χ1) is 9.42. The normalized spacial score (nSPS) is 11.2. The van der Waals surface area contributed by atoms with Crippen molar-refractivity contribution in [1.29, 1.82) is 5.26 Å². The smallest absolute Gasteiger partial charge is 0.389 e. The van der Waals surface area contributed by atoms with Gasteiger partial charge in [-0.2, -0.15) is 23.5 Å². The van der Waals surface area contributed by atoms with Crippen LogP contribution in [0.4, 0.5) is 13.2 Å². The molecule has 0 saturated carbocycles. The molecule has 0 aliphatic heterocycles. The van der Waals surface area contributed by atoms with Crippen LogP contribution in [0.25, 0.3) is 0 Å². The van der Waals surface area contributed by atoms with Gasteiger partial charge in [0.1, 0.15) is 11.6 Å². The maximum Gasteiger partial charge on any atom is 0.389 e. The monoisotopic (exact) mass is 287 g/mol. The minimum atomic E-state index is -4.20. The Balaban J connectivity index is 2.79. The van der Waals surface area contributed by atoms with Crippen molar-refractivity contribution >= 4 is 0 Å². The van der Waals surface area contributed by atoms with E-state index in [1.165, 1.54) is 0 Å². The van der Waals surface area contributed by atoms with E-state index in [0.717, 1.165) is 5.56 Å². The minimum absolute atomic E-state index is 0.0173. The van der Waals surface area contributed by atoms with Gasteiger partial charge in [0, 0.05) is 6.42 Å². The molecule has 0 fully saturated rings. The van der Waals surface area contributed by atoms with Gasteiger partial charge in [0.15, 0.2) is 0 Å². The molecule has 1 heterocycles. The number of halogens is 3. The molecule has 0 N–H and O–H groups in total. The van der Waals surface area contributed by atoms with Crippen LogP contribution in [0.1, 0.15) is 43.5 Å². The SMILES string of the molecule is CCc1nnc(OCCCC(F)(F)F)c(C#N)c1CC. The number of nitriles is 1. The molecule has 20 heavy (non-hydrogen) atoms. The maximum absolute atomic E-state index is 12.0. The lowest BCUT2D eigenvalue weighted by Crippen LogP contribution is -2.12. The molecule has 0 radical (unpaired) electrons. The molecule has 0 spiro atoms. The van der Waals surface area contributed by atoms with Crippen LogP contribution in [0, 0.1) is 11.3 Å². The number of aryl methyl sites for hydroxylation is 1. The van der Waals surface area contributed by atoms with Crippen LogP contribution in [0.5, 0.6) is 5.88 Å². The van der Waals surface area contributed by atoms with Crippen LogP contribution in [0.15, 0.2) is 0 Å². The summed E-state index contributed by atoms with van der Waals surface area (Å²) in [6, 6.07) is 2.00. The number of hydrogen-bond acceptors (Lipinski definition) is 4. The fraction of sp³-hybridized carbons (Fsp3) is 0.615. The Morgan fingerprint density at radius 2 is 1.90 bits per heavy atom. The van der Waals surface area contributed by atoms with Gasteiger partial charge in [0.05, 0.1) is 12.3 Å². The lowest BCUT2D eigenvalue weighted by Gasteiger charge is -2.11. The second-order valence-electron chi connectivity index (χ2n) is 4.19. The Labute approximate surface area is 115 Å². The zero-order chi connectivity index (χ0) is 15.2. The van der Waals surface area contributed by atoms with Gasteiger partial charge in [-0.05, 0) is 24.8 Å². The summed E-state index contributed by atoms with van der Waals surface area (Å²) in [7, 11) is 0. The summed E-state index contributed by atoms with van der Waals surface area (Å²) in [5, 5.41) is 16.9. The summed E-state index contributed by atoms with van der Waals surface area (Å²) >= 11 is 0. The first-order valence-corrected chi connectivity index (χ1v) is 6.41. The summed E-state index contributed by atoms with van der Waals surface area (Å²) in [5.41, 5.74) is 1.73. The molecule has 0 amide bonds. The summed E-state index contributed by atoms with van der Waals surface area (Å²) in [6.45, 7) is 3.64. The zero-order valence-electron chi connectivity index (χ0n) is 11.4. The first kappa shape index (κ1) is 16.2. The summed E-state index contributed by atoms with van der Waals surface area (Å²) in [5.74, 6) is 0.0173. The average molecular weight is 287 g/mol. The molecule has 0 aliphatic carbocycles. The van der Waals surface area contributed by atoms with Gasteiger partial charge >= 0.3 is 6.18 Å². The number of rotatable bonds is 6. The molecule has 0 saturated heterocycles. The Kier molecular flexibility index (Phi) is 5.74. The Morgan fingerprint density at radius 3 is 2.40 bits per heavy atom. The van der Waals surface area contributed by atoms with Crippen molar-refractivity contribution in [2.45, 2.75) is 45.7 Å². The maximum atomic E-state index is 12.0. The van der Waals surface area contributed by atoms with Crippen LogP contribution < -0.4 is 4.74 Å². The van der Waals surface area contributed by atoms with Gasteiger partial charge in [-0.1, -0.05) is 13.8 Å². The molecule has 110 valence electrons. The Morgan fingerprint density at radius 1 is 1.20 bits per heavy atom. The van der Waals surface area contributed by atoms with Crippen molar-refractivity contribution in [3.05, 3.63) is 16.8 Å². The highest BCUT2D eigenvalue weighted by atomic mass is 19.4. The molecule has 1 rings (SSSR count). The van der Waals surface area contributed by atoms with Gasteiger partial charge in [0.2, 0.25) is 0 Å². The van der Waals surface area contributed by atoms with E-state index in [1.807, 2.05) is 19.9 Å². The first-order valence-electron chi connectivity index (χ1n) is 6.41. The predicted molar refractivity (Wildman–Crippen MR) is 66.3 cm³/mol. The molecular formula is C13H16F3N3O. The van der Waals surface area contributed by atoms with E-state index in [0.29, 0.717) is 18.5 Å². The van der Waals surface area contributed by atoms with E-state index < -0.39 is 12.6 Å². The molecule has 1 aromatic rings. The Bertz CT molecular complexity index is 495. The molecule has 7 heteroatoms. The van der Waals surface area contributed by atoms with Crippen LogP contribution >= 0.6 is 0 Å². The van der Waals surface area contributed by atoms with Gasteiger partial charge in [-0.15, -0.1) is 5.10 Å². The minimum Gasteiger partial charge on any atom is -0.476 e.